The van der Waals surface area contributed by atoms with Gasteiger partial charge in [0, 0.05) is 25.6 Å². The minimum atomic E-state index is -3.30. The topological polar surface area (TPSA) is 116 Å². The molecule has 8 nitrogen and oxygen atoms in total. The SMILES string of the molecule is CNS(=O)(=O)Cc1ccc(CNC(=O)CCNC(=O)NC2CCCCC2)cc1. The molecular formula is C19H30N4O4S. The lowest BCUT2D eigenvalue weighted by molar-refractivity contribution is -0.121. The quantitative estimate of drug-likeness (QED) is 0.492. The Balaban J connectivity index is 1.63. The van der Waals surface area contributed by atoms with E-state index in [2.05, 4.69) is 20.7 Å². The standard InChI is InChI=1S/C19H30N4O4S/c1-20-28(26,27)14-16-9-7-15(8-10-16)13-22-18(24)11-12-21-19(25)23-17-5-3-2-4-6-17/h7-10,17,20H,2-6,11-14H2,1H3,(H,22,24)(H2,21,23,25). The van der Waals surface area contributed by atoms with Gasteiger partial charge in [-0.15, -0.1) is 0 Å². The molecule has 1 fully saturated rings. The van der Waals surface area contributed by atoms with E-state index in [1.165, 1.54) is 13.5 Å². The van der Waals surface area contributed by atoms with Gasteiger partial charge < -0.3 is 16.0 Å². The molecule has 3 amide bonds. The van der Waals surface area contributed by atoms with E-state index in [-0.39, 0.29) is 36.7 Å². The molecule has 1 aliphatic carbocycles. The highest BCUT2D eigenvalue weighted by Crippen LogP contribution is 2.17. The number of hydrogen-bond donors (Lipinski definition) is 4. The van der Waals surface area contributed by atoms with E-state index in [0.717, 1.165) is 31.2 Å². The number of carbonyl (C=O) groups excluding carboxylic acids is 2. The largest absolute Gasteiger partial charge is 0.352 e. The van der Waals surface area contributed by atoms with Gasteiger partial charge in [-0.1, -0.05) is 43.5 Å². The van der Waals surface area contributed by atoms with Crippen molar-refractivity contribution in [2.75, 3.05) is 13.6 Å². The highest BCUT2D eigenvalue weighted by molar-refractivity contribution is 7.88. The van der Waals surface area contributed by atoms with Crippen LogP contribution in [0.4, 0.5) is 4.79 Å². The fourth-order valence-electron chi connectivity index (χ4n) is 3.11. The first-order chi connectivity index (χ1) is 13.4. The van der Waals surface area contributed by atoms with E-state index in [4.69, 9.17) is 0 Å². The maximum atomic E-state index is 11.9. The summed E-state index contributed by atoms with van der Waals surface area (Å²) in [5.74, 6) is -0.232. The number of sulfonamides is 1. The van der Waals surface area contributed by atoms with Gasteiger partial charge in [0.25, 0.3) is 0 Å². The molecule has 1 aromatic carbocycles. The average molecular weight is 411 g/mol. The van der Waals surface area contributed by atoms with Crippen molar-refractivity contribution in [2.24, 2.45) is 0 Å². The molecule has 1 saturated carbocycles. The Labute approximate surface area is 166 Å². The van der Waals surface area contributed by atoms with Crippen molar-refractivity contribution in [3.63, 3.8) is 0 Å². The van der Waals surface area contributed by atoms with Gasteiger partial charge >= 0.3 is 6.03 Å². The van der Waals surface area contributed by atoms with Crippen LogP contribution in [-0.2, 0) is 27.1 Å². The Kier molecular flexibility index (Phi) is 8.72. The van der Waals surface area contributed by atoms with E-state index in [1.54, 1.807) is 24.3 Å². The molecule has 1 aliphatic rings. The molecule has 0 atom stereocenters. The molecule has 0 bridgehead atoms. The molecule has 0 radical (unpaired) electrons. The van der Waals surface area contributed by atoms with Crippen LogP contribution in [0.15, 0.2) is 24.3 Å². The summed E-state index contributed by atoms with van der Waals surface area (Å²) in [6.07, 6.45) is 5.79. The molecule has 1 aromatic rings. The number of urea groups is 1. The maximum Gasteiger partial charge on any atom is 0.315 e. The normalized spacial score (nSPS) is 15.0. The summed E-state index contributed by atoms with van der Waals surface area (Å²) in [5, 5.41) is 8.46. The molecule has 0 spiro atoms. The summed E-state index contributed by atoms with van der Waals surface area (Å²) in [6.45, 7) is 0.636. The fourth-order valence-corrected chi connectivity index (χ4v) is 3.88. The van der Waals surface area contributed by atoms with Gasteiger partial charge in [0.15, 0.2) is 0 Å². The first kappa shape index (κ1) is 22.2. The Morgan fingerprint density at radius 1 is 1.00 bits per heavy atom. The van der Waals surface area contributed by atoms with Crippen LogP contribution in [0.5, 0.6) is 0 Å². The van der Waals surface area contributed by atoms with Gasteiger partial charge in [-0.3, -0.25) is 4.79 Å². The average Bonchev–Trinajstić information content (AvgIpc) is 2.68. The van der Waals surface area contributed by atoms with Crippen LogP contribution >= 0.6 is 0 Å². The van der Waals surface area contributed by atoms with Crippen molar-refractivity contribution in [3.05, 3.63) is 35.4 Å². The van der Waals surface area contributed by atoms with Gasteiger partial charge in [-0.05, 0) is 31.0 Å². The van der Waals surface area contributed by atoms with Crippen LogP contribution in [0, 0.1) is 0 Å². The zero-order valence-electron chi connectivity index (χ0n) is 16.3. The monoisotopic (exact) mass is 410 g/mol. The summed E-state index contributed by atoms with van der Waals surface area (Å²) in [6, 6.07) is 7.06. The zero-order valence-corrected chi connectivity index (χ0v) is 17.1. The van der Waals surface area contributed by atoms with Crippen LogP contribution < -0.4 is 20.7 Å². The number of carbonyl (C=O) groups is 2. The molecule has 0 aliphatic heterocycles. The summed E-state index contributed by atoms with van der Waals surface area (Å²) < 4.78 is 25.3. The molecule has 0 saturated heterocycles. The summed E-state index contributed by atoms with van der Waals surface area (Å²) in [5.41, 5.74) is 1.56. The van der Waals surface area contributed by atoms with Crippen LogP contribution in [-0.4, -0.2) is 40.0 Å². The van der Waals surface area contributed by atoms with E-state index >= 15 is 0 Å². The van der Waals surface area contributed by atoms with Gasteiger partial charge in [0.05, 0.1) is 5.75 Å². The van der Waals surface area contributed by atoms with E-state index in [0.29, 0.717) is 12.1 Å². The van der Waals surface area contributed by atoms with Gasteiger partial charge in [-0.2, -0.15) is 0 Å². The molecule has 2 rings (SSSR count). The Bertz CT molecular complexity index is 744. The number of benzene rings is 1. The van der Waals surface area contributed by atoms with E-state index in [9.17, 15) is 18.0 Å². The Morgan fingerprint density at radius 2 is 1.64 bits per heavy atom. The number of nitrogens with one attached hydrogen (secondary N) is 4. The predicted octanol–water partition coefficient (Wildman–Crippen LogP) is 1.37. The lowest BCUT2D eigenvalue weighted by atomic mass is 9.96. The highest BCUT2D eigenvalue weighted by atomic mass is 32.2. The second kappa shape index (κ2) is 11.0. The lowest BCUT2D eigenvalue weighted by Crippen LogP contribution is -2.43. The summed E-state index contributed by atoms with van der Waals surface area (Å²) >= 11 is 0. The maximum absolute atomic E-state index is 11.9. The fraction of sp³-hybridized carbons (Fsp3) is 0.579. The molecular weight excluding hydrogens is 380 g/mol. The minimum absolute atomic E-state index is 0.0786. The minimum Gasteiger partial charge on any atom is -0.352 e. The Morgan fingerprint density at radius 3 is 2.29 bits per heavy atom. The second-order valence-corrected chi connectivity index (χ2v) is 8.97. The molecule has 156 valence electrons. The molecule has 9 heteroatoms. The van der Waals surface area contributed by atoms with Crippen molar-refractivity contribution in [1.29, 1.82) is 0 Å². The summed E-state index contributed by atoms with van der Waals surface area (Å²) in [7, 11) is -1.91. The van der Waals surface area contributed by atoms with Crippen molar-refractivity contribution in [1.82, 2.24) is 20.7 Å². The van der Waals surface area contributed by atoms with Gasteiger partial charge in [0.1, 0.15) is 0 Å². The van der Waals surface area contributed by atoms with Crippen molar-refractivity contribution in [3.8, 4) is 0 Å². The van der Waals surface area contributed by atoms with E-state index < -0.39 is 10.0 Å². The molecule has 28 heavy (non-hydrogen) atoms. The van der Waals surface area contributed by atoms with Crippen LogP contribution in [0.1, 0.15) is 49.7 Å². The molecule has 0 heterocycles. The number of hydrogen-bond acceptors (Lipinski definition) is 4. The van der Waals surface area contributed by atoms with Gasteiger partial charge in [0.2, 0.25) is 15.9 Å². The second-order valence-electron chi connectivity index (χ2n) is 7.04. The first-order valence-electron chi connectivity index (χ1n) is 9.68. The summed E-state index contributed by atoms with van der Waals surface area (Å²) in [4.78, 5) is 23.7. The van der Waals surface area contributed by atoms with Crippen LogP contribution in [0.25, 0.3) is 0 Å². The van der Waals surface area contributed by atoms with Gasteiger partial charge in [-0.25, -0.2) is 17.9 Å². The van der Waals surface area contributed by atoms with Crippen LogP contribution in [0.3, 0.4) is 0 Å². The van der Waals surface area contributed by atoms with E-state index in [1.807, 2.05) is 0 Å². The molecule has 0 unspecified atom stereocenters. The third-order valence-corrected chi connectivity index (χ3v) is 6.09. The first-order valence-corrected chi connectivity index (χ1v) is 11.3. The highest BCUT2D eigenvalue weighted by Gasteiger charge is 2.15. The third kappa shape index (κ3) is 8.26. The lowest BCUT2D eigenvalue weighted by Gasteiger charge is -2.22. The number of amides is 3. The molecule has 4 N–H and O–H groups in total. The van der Waals surface area contributed by atoms with Crippen LogP contribution in [0.2, 0.25) is 0 Å². The predicted molar refractivity (Wildman–Crippen MR) is 108 cm³/mol. The molecule has 0 aromatic heterocycles. The zero-order chi connectivity index (χ0) is 20.4. The van der Waals surface area contributed by atoms with Crippen molar-refractivity contribution in [2.45, 2.75) is 56.9 Å². The van der Waals surface area contributed by atoms with Crippen molar-refractivity contribution >= 4 is 22.0 Å². The number of rotatable bonds is 9. The third-order valence-electron chi connectivity index (χ3n) is 4.76. The van der Waals surface area contributed by atoms with Crippen molar-refractivity contribution < 1.29 is 18.0 Å². The Hall–Kier alpha value is -2.13. The smallest absolute Gasteiger partial charge is 0.315 e.